The van der Waals surface area contributed by atoms with Crippen molar-refractivity contribution in [3.8, 4) is 5.88 Å². The number of rotatable bonds is 5. The summed E-state index contributed by atoms with van der Waals surface area (Å²) in [5.41, 5.74) is 6.21. The van der Waals surface area contributed by atoms with Gasteiger partial charge in [-0.25, -0.2) is 0 Å². The third-order valence-electron chi connectivity index (χ3n) is 2.21. The van der Waals surface area contributed by atoms with E-state index in [1.54, 1.807) is 31.1 Å². The van der Waals surface area contributed by atoms with E-state index in [2.05, 4.69) is 10.3 Å². The van der Waals surface area contributed by atoms with Crippen LogP contribution in [0.5, 0.6) is 5.88 Å². The van der Waals surface area contributed by atoms with Crippen LogP contribution in [-0.4, -0.2) is 38.1 Å². The minimum absolute atomic E-state index is 0.0796. The first kappa shape index (κ1) is 13.1. The fraction of sp³-hybridized carbons (Fsp3) is 0.455. The molecule has 0 aromatic carbocycles. The molecule has 0 saturated heterocycles. The lowest BCUT2D eigenvalue weighted by Crippen LogP contribution is -2.33. The van der Waals surface area contributed by atoms with E-state index in [9.17, 15) is 4.79 Å². The minimum Gasteiger partial charge on any atom is -0.476 e. The number of carbonyl (C=O) groups is 1. The average molecular weight is 238 g/mol. The number of pyridine rings is 1. The average Bonchev–Trinajstić information content (AvgIpc) is 2.32. The number of nitrogens with zero attached hydrogens (tertiary/aromatic N) is 2. The highest BCUT2D eigenvalue weighted by Gasteiger charge is 2.10. The predicted molar refractivity (Wildman–Crippen MR) is 67.2 cm³/mol. The minimum atomic E-state index is -0.0796. The maximum atomic E-state index is 11.2. The Labute approximate surface area is 101 Å². The van der Waals surface area contributed by atoms with E-state index in [4.69, 9.17) is 10.5 Å². The Bertz CT molecular complexity index is 395. The normalized spacial score (nSPS) is 9.82. The van der Waals surface area contributed by atoms with Crippen molar-refractivity contribution < 1.29 is 9.53 Å². The van der Waals surface area contributed by atoms with Crippen LogP contribution in [0.2, 0.25) is 0 Å². The number of nitrogens with one attached hydrogen (secondary N) is 1. The van der Waals surface area contributed by atoms with Gasteiger partial charge in [0.15, 0.2) is 0 Å². The summed E-state index contributed by atoms with van der Waals surface area (Å²) in [6.45, 7) is 2.60. The number of amides is 1. The summed E-state index contributed by atoms with van der Waals surface area (Å²) < 4.78 is 5.30. The highest BCUT2D eigenvalue weighted by Crippen LogP contribution is 2.22. The first-order chi connectivity index (χ1) is 8.08. The number of anilines is 2. The first-order valence-corrected chi connectivity index (χ1v) is 5.39. The van der Waals surface area contributed by atoms with Crippen LogP contribution in [0.4, 0.5) is 11.5 Å². The zero-order valence-electron chi connectivity index (χ0n) is 10.4. The predicted octanol–water partition coefficient (Wildman–Crippen LogP) is 0.245. The van der Waals surface area contributed by atoms with E-state index in [-0.39, 0.29) is 12.5 Å². The summed E-state index contributed by atoms with van der Waals surface area (Å²) in [5.74, 6) is 0.962. The van der Waals surface area contributed by atoms with Crippen LogP contribution >= 0.6 is 0 Å². The second-order valence-electron chi connectivity index (χ2n) is 3.53. The van der Waals surface area contributed by atoms with Crippen molar-refractivity contribution >= 4 is 17.4 Å². The Morgan fingerprint density at radius 2 is 2.29 bits per heavy atom. The van der Waals surface area contributed by atoms with E-state index in [1.807, 2.05) is 6.92 Å². The fourth-order valence-electron chi connectivity index (χ4n) is 1.28. The molecule has 3 N–H and O–H groups in total. The molecule has 0 atom stereocenters. The molecule has 0 fully saturated rings. The van der Waals surface area contributed by atoms with Crippen LogP contribution in [0.3, 0.4) is 0 Å². The van der Waals surface area contributed by atoms with Gasteiger partial charge in [-0.15, -0.1) is 0 Å². The van der Waals surface area contributed by atoms with Crippen molar-refractivity contribution in [2.75, 3.05) is 37.9 Å². The van der Waals surface area contributed by atoms with Crippen LogP contribution in [0, 0.1) is 0 Å². The molecule has 0 aliphatic rings. The molecule has 0 bridgehead atoms. The van der Waals surface area contributed by atoms with Gasteiger partial charge in [0.05, 0.1) is 18.8 Å². The lowest BCUT2D eigenvalue weighted by molar-refractivity contribution is -0.119. The molecule has 0 aliphatic carbocycles. The van der Waals surface area contributed by atoms with Crippen LogP contribution in [0.25, 0.3) is 0 Å². The number of aromatic nitrogens is 1. The van der Waals surface area contributed by atoms with Gasteiger partial charge in [-0.05, 0) is 19.1 Å². The molecule has 1 aromatic heterocycles. The van der Waals surface area contributed by atoms with E-state index < -0.39 is 0 Å². The molecule has 94 valence electrons. The highest BCUT2D eigenvalue weighted by molar-refractivity contribution is 5.80. The SMILES string of the molecule is CCOc1nc(N(C)CC(=O)NC)ccc1N. The summed E-state index contributed by atoms with van der Waals surface area (Å²) in [5, 5.41) is 2.55. The fourth-order valence-corrected chi connectivity index (χ4v) is 1.28. The zero-order valence-corrected chi connectivity index (χ0v) is 10.4. The maximum absolute atomic E-state index is 11.2. The van der Waals surface area contributed by atoms with Crippen molar-refractivity contribution in [3.05, 3.63) is 12.1 Å². The molecule has 1 heterocycles. The molecule has 1 amide bonds. The van der Waals surface area contributed by atoms with Gasteiger partial charge in [0, 0.05) is 14.1 Å². The largest absolute Gasteiger partial charge is 0.476 e. The van der Waals surface area contributed by atoms with Crippen LogP contribution in [0.1, 0.15) is 6.92 Å². The molecule has 17 heavy (non-hydrogen) atoms. The highest BCUT2D eigenvalue weighted by atomic mass is 16.5. The van der Waals surface area contributed by atoms with Crippen molar-refractivity contribution in [2.45, 2.75) is 6.92 Å². The van der Waals surface area contributed by atoms with E-state index in [1.165, 1.54) is 0 Å². The van der Waals surface area contributed by atoms with E-state index >= 15 is 0 Å². The smallest absolute Gasteiger partial charge is 0.239 e. The number of nitrogen functional groups attached to an aromatic ring is 1. The molecular weight excluding hydrogens is 220 g/mol. The summed E-state index contributed by atoms with van der Waals surface area (Å²) in [6.07, 6.45) is 0. The summed E-state index contributed by atoms with van der Waals surface area (Å²) in [4.78, 5) is 17.2. The Morgan fingerprint density at radius 3 is 2.88 bits per heavy atom. The molecule has 6 nitrogen and oxygen atoms in total. The third kappa shape index (κ3) is 3.51. The Hall–Kier alpha value is -1.98. The summed E-state index contributed by atoms with van der Waals surface area (Å²) in [6, 6.07) is 3.47. The zero-order chi connectivity index (χ0) is 12.8. The van der Waals surface area contributed by atoms with Gasteiger partial charge in [-0.3, -0.25) is 4.79 Å². The number of hydrogen-bond donors (Lipinski definition) is 2. The number of nitrogens with two attached hydrogens (primary N) is 1. The molecule has 1 aromatic rings. The number of carbonyl (C=O) groups excluding carboxylic acids is 1. The molecule has 0 radical (unpaired) electrons. The lowest BCUT2D eigenvalue weighted by atomic mass is 10.3. The molecule has 1 rings (SSSR count). The van der Waals surface area contributed by atoms with Gasteiger partial charge in [0.1, 0.15) is 5.82 Å². The molecule has 0 aliphatic heterocycles. The monoisotopic (exact) mass is 238 g/mol. The van der Waals surface area contributed by atoms with E-state index in [0.717, 1.165) is 0 Å². The number of likely N-dealkylation sites (N-methyl/N-ethyl adjacent to an activating group) is 2. The van der Waals surface area contributed by atoms with Crippen molar-refractivity contribution in [1.29, 1.82) is 0 Å². The van der Waals surface area contributed by atoms with Crippen LogP contribution < -0.4 is 20.7 Å². The standard InChI is InChI=1S/C11H18N4O2/c1-4-17-11-8(12)5-6-9(14-11)15(3)7-10(16)13-2/h5-6H,4,7,12H2,1-3H3,(H,13,16). The summed E-state index contributed by atoms with van der Waals surface area (Å²) >= 11 is 0. The van der Waals surface area contributed by atoms with Gasteiger partial charge in [-0.2, -0.15) is 4.98 Å². The molecule has 6 heteroatoms. The Morgan fingerprint density at radius 1 is 1.59 bits per heavy atom. The van der Waals surface area contributed by atoms with Gasteiger partial charge in [0.2, 0.25) is 11.8 Å². The Balaban J connectivity index is 2.83. The van der Waals surface area contributed by atoms with Gasteiger partial charge < -0.3 is 20.7 Å². The second-order valence-corrected chi connectivity index (χ2v) is 3.53. The topological polar surface area (TPSA) is 80.5 Å². The quantitative estimate of drug-likeness (QED) is 0.768. The van der Waals surface area contributed by atoms with Crippen LogP contribution in [-0.2, 0) is 4.79 Å². The summed E-state index contributed by atoms with van der Waals surface area (Å²) in [7, 11) is 3.38. The van der Waals surface area contributed by atoms with E-state index in [0.29, 0.717) is 24.0 Å². The van der Waals surface area contributed by atoms with Gasteiger partial charge in [0.25, 0.3) is 0 Å². The van der Waals surface area contributed by atoms with Crippen molar-refractivity contribution in [3.63, 3.8) is 0 Å². The maximum Gasteiger partial charge on any atom is 0.239 e. The molecular formula is C11H18N4O2. The second kappa shape index (κ2) is 5.93. The lowest BCUT2D eigenvalue weighted by Gasteiger charge is -2.18. The molecule has 0 saturated carbocycles. The number of hydrogen-bond acceptors (Lipinski definition) is 5. The van der Waals surface area contributed by atoms with Gasteiger partial charge >= 0.3 is 0 Å². The molecule has 0 unspecified atom stereocenters. The Kier molecular flexibility index (Phi) is 4.56. The third-order valence-corrected chi connectivity index (χ3v) is 2.21. The van der Waals surface area contributed by atoms with Gasteiger partial charge in [-0.1, -0.05) is 0 Å². The van der Waals surface area contributed by atoms with Crippen molar-refractivity contribution in [1.82, 2.24) is 10.3 Å². The van der Waals surface area contributed by atoms with Crippen LogP contribution in [0.15, 0.2) is 12.1 Å². The number of ether oxygens (including phenoxy) is 1. The van der Waals surface area contributed by atoms with Crippen molar-refractivity contribution in [2.24, 2.45) is 0 Å². The first-order valence-electron chi connectivity index (χ1n) is 5.39. The molecule has 0 spiro atoms.